The van der Waals surface area contributed by atoms with E-state index in [2.05, 4.69) is 10.1 Å². The molecule has 88 valence electrons. The molecule has 5 nitrogen and oxygen atoms in total. The van der Waals surface area contributed by atoms with Crippen molar-refractivity contribution >= 4 is 5.91 Å². The highest BCUT2D eigenvalue weighted by Crippen LogP contribution is 2.20. The molecule has 0 aliphatic rings. The van der Waals surface area contributed by atoms with E-state index in [9.17, 15) is 13.6 Å². The van der Waals surface area contributed by atoms with E-state index in [1.807, 2.05) is 0 Å². The molecule has 2 rings (SSSR count). The monoisotopic (exact) mass is 238 g/mol. The molecule has 0 atom stereocenters. The summed E-state index contributed by atoms with van der Waals surface area (Å²) in [5.41, 5.74) is 5.22. The third-order valence-electron chi connectivity index (χ3n) is 2.10. The van der Waals surface area contributed by atoms with Crippen molar-refractivity contribution in [3.05, 3.63) is 36.2 Å². The van der Waals surface area contributed by atoms with Gasteiger partial charge in [-0.1, -0.05) is 6.07 Å². The third-order valence-corrected chi connectivity index (χ3v) is 2.10. The van der Waals surface area contributed by atoms with Crippen molar-refractivity contribution in [1.82, 2.24) is 14.8 Å². The summed E-state index contributed by atoms with van der Waals surface area (Å²) in [4.78, 5) is 14.9. The molecule has 2 aromatic rings. The number of alkyl halides is 2. The summed E-state index contributed by atoms with van der Waals surface area (Å²) in [5, 5.41) is 3.60. The Hall–Kier alpha value is -2.31. The van der Waals surface area contributed by atoms with E-state index >= 15 is 0 Å². The van der Waals surface area contributed by atoms with Crippen LogP contribution in [0.25, 0.3) is 11.4 Å². The summed E-state index contributed by atoms with van der Waals surface area (Å²) in [7, 11) is 0. The largest absolute Gasteiger partial charge is 0.364 e. The van der Waals surface area contributed by atoms with Crippen molar-refractivity contribution in [3.8, 4) is 11.4 Å². The van der Waals surface area contributed by atoms with Gasteiger partial charge in [-0.2, -0.15) is 18.6 Å². The van der Waals surface area contributed by atoms with Gasteiger partial charge in [-0.25, -0.2) is 0 Å². The Morgan fingerprint density at radius 3 is 2.59 bits per heavy atom. The van der Waals surface area contributed by atoms with Gasteiger partial charge in [0.2, 0.25) is 0 Å². The van der Waals surface area contributed by atoms with Crippen LogP contribution < -0.4 is 5.73 Å². The van der Waals surface area contributed by atoms with Crippen LogP contribution in [0, 0.1) is 0 Å². The number of halogens is 2. The molecule has 0 aliphatic carbocycles. The minimum atomic E-state index is -2.92. The molecule has 1 amide bonds. The number of pyridine rings is 1. The first kappa shape index (κ1) is 11.2. The zero-order chi connectivity index (χ0) is 12.4. The number of carbonyl (C=O) groups is 1. The van der Waals surface area contributed by atoms with E-state index < -0.39 is 12.5 Å². The lowest BCUT2D eigenvalue weighted by molar-refractivity contribution is 0.0519. The normalized spacial score (nSPS) is 10.8. The summed E-state index contributed by atoms with van der Waals surface area (Å²) in [6.45, 7) is -2.92. The highest BCUT2D eigenvalue weighted by atomic mass is 19.3. The second kappa shape index (κ2) is 4.28. The Bertz CT molecular complexity index is 538. The zero-order valence-corrected chi connectivity index (χ0v) is 8.55. The molecule has 0 saturated heterocycles. The lowest BCUT2D eigenvalue weighted by Gasteiger charge is -2.01. The summed E-state index contributed by atoms with van der Waals surface area (Å²) >= 11 is 0. The summed E-state index contributed by atoms with van der Waals surface area (Å²) < 4.78 is 25.5. The Kier molecular flexibility index (Phi) is 2.82. The summed E-state index contributed by atoms with van der Waals surface area (Å²) in [6.07, 6.45) is 1.50. The quantitative estimate of drug-likeness (QED) is 0.879. The molecule has 0 unspecified atom stereocenters. The van der Waals surface area contributed by atoms with E-state index in [0.29, 0.717) is 5.69 Å². The third kappa shape index (κ3) is 2.12. The number of primary amides is 1. The maximum absolute atomic E-state index is 12.6. The number of nitrogens with two attached hydrogens (primary N) is 1. The van der Waals surface area contributed by atoms with Gasteiger partial charge in [0.05, 0.1) is 5.69 Å². The maximum Gasteiger partial charge on any atom is 0.333 e. The predicted octanol–water partition coefficient (Wildman–Crippen LogP) is 1.44. The Morgan fingerprint density at radius 2 is 2.12 bits per heavy atom. The Morgan fingerprint density at radius 1 is 1.35 bits per heavy atom. The van der Waals surface area contributed by atoms with Gasteiger partial charge in [0.1, 0.15) is 11.4 Å². The number of nitrogens with zero attached hydrogens (tertiary/aromatic N) is 3. The van der Waals surface area contributed by atoms with Crippen LogP contribution in [0.4, 0.5) is 8.78 Å². The second-order valence-electron chi connectivity index (χ2n) is 3.22. The number of rotatable bonds is 3. The lowest BCUT2D eigenvalue weighted by atomic mass is 10.2. The Balaban J connectivity index is 2.51. The molecule has 7 heteroatoms. The minimum Gasteiger partial charge on any atom is -0.364 e. The number of hydrogen-bond donors (Lipinski definition) is 1. The van der Waals surface area contributed by atoms with Crippen LogP contribution in [0.1, 0.15) is 17.0 Å². The van der Waals surface area contributed by atoms with Crippen LogP contribution in [0.2, 0.25) is 0 Å². The van der Waals surface area contributed by atoms with Crippen LogP contribution >= 0.6 is 0 Å². The molecule has 2 N–H and O–H groups in total. The van der Waals surface area contributed by atoms with E-state index in [1.54, 1.807) is 18.2 Å². The fraction of sp³-hybridized carbons (Fsp3) is 0.100. The first-order valence-corrected chi connectivity index (χ1v) is 4.68. The first-order valence-electron chi connectivity index (χ1n) is 4.68. The van der Waals surface area contributed by atoms with Gasteiger partial charge in [0.25, 0.3) is 5.91 Å². The van der Waals surface area contributed by atoms with Crippen molar-refractivity contribution in [1.29, 1.82) is 0 Å². The van der Waals surface area contributed by atoms with Crippen molar-refractivity contribution in [2.24, 2.45) is 5.73 Å². The van der Waals surface area contributed by atoms with Crippen molar-refractivity contribution in [2.75, 3.05) is 0 Å². The lowest BCUT2D eigenvalue weighted by Crippen LogP contribution is -2.18. The fourth-order valence-electron chi connectivity index (χ4n) is 1.37. The standard InChI is InChI=1S/C10H8F2N4O/c11-10(12)16-8(9(13)17)5-7(15-16)6-3-1-2-4-14-6/h1-5,10H,(H2,13,17). The highest BCUT2D eigenvalue weighted by Gasteiger charge is 2.19. The van der Waals surface area contributed by atoms with E-state index in [0.717, 1.165) is 0 Å². The van der Waals surface area contributed by atoms with E-state index in [-0.39, 0.29) is 16.1 Å². The van der Waals surface area contributed by atoms with Crippen molar-refractivity contribution in [3.63, 3.8) is 0 Å². The average Bonchev–Trinajstić information content (AvgIpc) is 2.75. The topological polar surface area (TPSA) is 73.8 Å². The summed E-state index contributed by atoms with van der Waals surface area (Å²) in [6, 6.07) is 6.16. The van der Waals surface area contributed by atoms with E-state index in [1.165, 1.54) is 12.3 Å². The molecule has 0 aliphatic heterocycles. The van der Waals surface area contributed by atoms with Gasteiger partial charge >= 0.3 is 6.55 Å². The van der Waals surface area contributed by atoms with Gasteiger partial charge in [0, 0.05) is 6.20 Å². The molecule has 2 aromatic heterocycles. The molecule has 0 radical (unpaired) electrons. The molecule has 0 saturated carbocycles. The van der Waals surface area contributed by atoms with Gasteiger partial charge in [0.15, 0.2) is 0 Å². The van der Waals surface area contributed by atoms with Crippen molar-refractivity contribution in [2.45, 2.75) is 6.55 Å². The van der Waals surface area contributed by atoms with Crippen LogP contribution in [0.3, 0.4) is 0 Å². The van der Waals surface area contributed by atoms with Gasteiger partial charge in [-0.3, -0.25) is 9.78 Å². The molecular formula is C10H8F2N4O. The van der Waals surface area contributed by atoms with Crippen LogP contribution in [-0.4, -0.2) is 20.7 Å². The smallest absolute Gasteiger partial charge is 0.333 e. The molecular weight excluding hydrogens is 230 g/mol. The van der Waals surface area contributed by atoms with Crippen LogP contribution in [0.15, 0.2) is 30.5 Å². The SMILES string of the molecule is NC(=O)c1cc(-c2ccccn2)nn1C(F)F. The van der Waals surface area contributed by atoms with Gasteiger partial charge in [-0.15, -0.1) is 0 Å². The summed E-state index contributed by atoms with van der Waals surface area (Å²) in [5.74, 6) is -0.958. The number of carbonyl (C=O) groups excluding carboxylic acids is 1. The molecule has 0 aromatic carbocycles. The molecule has 0 fully saturated rings. The molecule has 0 bridgehead atoms. The number of aromatic nitrogens is 3. The highest BCUT2D eigenvalue weighted by molar-refractivity contribution is 5.92. The maximum atomic E-state index is 12.6. The second-order valence-corrected chi connectivity index (χ2v) is 3.22. The molecule has 2 heterocycles. The Labute approximate surface area is 94.9 Å². The minimum absolute atomic E-state index is 0.180. The van der Waals surface area contributed by atoms with Crippen LogP contribution in [-0.2, 0) is 0 Å². The van der Waals surface area contributed by atoms with Gasteiger partial charge < -0.3 is 5.73 Å². The van der Waals surface area contributed by atoms with Gasteiger partial charge in [-0.05, 0) is 18.2 Å². The first-order chi connectivity index (χ1) is 8.09. The zero-order valence-electron chi connectivity index (χ0n) is 8.55. The fourth-order valence-corrected chi connectivity index (χ4v) is 1.37. The average molecular weight is 238 g/mol. The van der Waals surface area contributed by atoms with E-state index in [4.69, 9.17) is 5.73 Å². The van der Waals surface area contributed by atoms with Crippen molar-refractivity contribution < 1.29 is 13.6 Å². The number of hydrogen-bond acceptors (Lipinski definition) is 3. The molecule has 0 spiro atoms. The predicted molar refractivity (Wildman–Crippen MR) is 55.2 cm³/mol. The van der Waals surface area contributed by atoms with Crippen LogP contribution in [0.5, 0.6) is 0 Å². The molecule has 17 heavy (non-hydrogen) atoms. The number of amides is 1.